The summed E-state index contributed by atoms with van der Waals surface area (Å²) in [5.41, 5.74) is 2.89. The summed E-state index contributed by atoms with van der Waals surface area (Å²) in [5, 5.41) is 3.66. The molecule has 0 spiro atoms. The predicted octanol–water partition coefficient (Wildman–Crippen LogP) is 3.88. The zero-order chi connectivity index (χ0) is 12.3. The van der Waals surface area contributed by atoms with Crippen LogP contribution in [0, 0.1) is 12.8 Å². The lowest BCUT2D eigenvalue weighted by Crippen LogP contribution is -2.40. The van der Waals surface area contributed by atoms with Crippen LogP contribution in [0.2, 0.25) is 0 Å². The Hall–Kier alpha value is -0.820. The Morgan fingerprint density at radius 3 is 2.41 bits per heavy atom. The summed E-state index contributed by atoms with van der Waals surface area (Å²) < 4.78 is 0. The molecule has 1 aliphatic rings. The van der Waals surface area contributed by atoms with Gasteiger partial charge in [-0.25, -0.2) is 0 Å². The smallest absolute Gasteiger partial charge is 0.00787 e. The van der Waals surface area contributed by atoms with Crippen LogP contribution in [-0.4, -0.2) is 12.6 Å². The van der Waals surface area contributed by atoms with Gasteiger partial charge >= 0.3 is 0 Å². The maximum Gasteiger partial charge on any atom is 0.00787 e. The van der Waals surface area contributed by atoms with Crippen molar-refractivity contribution in [3.05, 3.63) is 35.4 Å². The molecule has 1 aromatic carbocycles. The number of aryl methyl sites for hydroxylation is 1. The van der Waals surface area contributed by atoms with Gasteiger partial charge in [0, 0.05) is 6.04 Å². The van der Waals surface area contributed by atoms with Gasteiger partial charge < -0.3 is 5.32 Å². The summed E-state index contributed by atoms with van der Waals surface area (Å²) in [6, 6.07) is 9.82. The molecular formula is C16H25N. The van der Waals surface area contributed by atoms with E-state index in [-0.39, 0.29) is 0 Å². The first-order valence-electron chi connectivity index (χ1n) is 6.95. The Labute approximate surface area is 106 Å². The van der Waals surface area contributed by atoms with Crippen LogP contribution in [0.5, 0.6) is 0 Å². The van der Waals surface area contributed by atoms with Crippen LogP contribution in [0.25, 0.3) is 0 Å². The second kappa shape index (κ2) is 5.68. The molecule has 1 N–H and O–H groups in total. The zero-order valence-corrected chi connectivity index (χ0v) is 11.4. The minimum Gasteiger partial charge on any atom is -0.314 e. The van der Waals surface area contributed by atoms with Crippen LogP contribution in [0.1, 0.15) is 50.2 Å². The molecule has 0 saturated heterocycles. The molecule has 17 heavy (non-hydrogen) atoms. The average molecular weight is 231 g/mol. The molecule has 0 amide bonds. The Bertz CT molecular complexity index is 333. The SMILES string of the molecule is Cc1ccc(C2CC(NCCC(C)C)C2)cc1. The van der Waals surface area contributed by atoms with Crippen LogP contribution in [0.4, 0.5) is 0 Å². The summed E-state index contributed by atoms with van der Waals surface area (Å²) in [6.07, 6.45) is 3.94. The Morgan fingerprint density at radius 2 is 1.82 bits per heavy atom. The van der Waals surface area contributed by atoms with E-state index in [0.29, 0.717) is 0 Å². The highest BCUT2D eigenvalue weighted by Gasteiger charge is 2.29. The van der Waals surface area contributed by atoms with E-state index in [2.05, 4.69) is 50.4 Å². The van der Waals surface area contributed by atoms with Crippen molar-refractivity contribution < 1.29 is 0 Å². The van der Waals surface area contributed by atoms with Crippen LogP contribution in [0.15, 0.2) is 24.3 Å². The highest BCUT2D eigenvalue weighted by molar-refractivity contribution is 5.26. The Morgan fingerprint density at radius 1 is 1.18 bits per heavy atom. The minimum absolute atomic E-state index is 0.764. The van der Waals surface area contributed by atoms with Crippen molar-refractivity contribution in [2.75, 3.05) is 6.54 Å². The molecule has 1 heteroatoms. The molecule has 0 unspecified atom stereocenters. The van der Waals surface area contributed by atoms with Crippen molar-refractivity contribution in [1.82, 2.24) is 5.32 Å². The van der Waals surface area contributed by atoms with Gasteiger partial charge in [-0.05, 0) is 50.1 Å². The molecular weight excluding hydrogens is 206 g/mol. The first-order valence-corrected chi connectivity index (χ1v) is 6.95. The molecule has 1 aliphatic carbocycles. The van der Waals surface area contributed by atoms with E-state index in [9.17, 15) is 0 Å². The Balaban J connectivity index is 1.70. The number of hydrogen-bond acceptors (Lipinski definition) is 1. The summed E-state index contributed by atoms with van der Waals surface area (Å²) in [6.45, 7) is 7.92. The molecule has 1 nitrogen and oxygen atoms in total. The van der Waals surface area contributed by atoms with Gasteiger partial charge in [0.25, 0.3) is 0 Å². The van der Waals surface area contributed by atoms with Gasteiger partial charge in [-0.2, -0.15) is 0 Å². The second-order valence-corrected chi connectivity index (χ2v) is 5.91. The van der Waals surface area contributed by atoms with Crippen molar-refractivity contribution in [1.29, 1.82) is 0 Å². The van der Waals surface area contributed by atoms with Gasteiger partial charge in [-0.1, -0.05) is 43.7 Å². The lowest BCUT2D eigenvalue weighted by Gasteiger charge is -2.36. The topological polar surface area (TPSA) is 12.0 Å². The first kappa shape index (κ1) is 12.6. The quantitative estimate of drug-likeness (QED) is 0.811. The van der Waals surface area contributed by atoms with Gasteiger partial charge in [0.15, 0.2) is 0 Å². The molecule has 0 bridgehead atoms. The van der Waals surface area contributed by atoms with E-state index in [0.717, 1.165) is 17.9 Å². The molecule has 0 aromatic heterocycles. The molecule has 1 saturated carbocycles. The lowest BCUT2D eigenvalue weighted by molar-refractivity contribution is 0.286. The predicted molar refractivity (Wildman–Crippen MR) is 74.4 cm³/mol. The molecule has 1 aromatic rings. The van der Waals surface area contributed by atoms with Crippen LogP contribution in [-0.2, 0) is 0 Å². The fraction of sp³-hybridized carbons (Fsp3) is 0.625. The summed E-state index contributed by atoms with van der Waals surface area (Å²) >= 11 is 0. The third-order valence-corrected chi connectivity index (χ3v) is 3.84. The molecule has 1 fully saturated rings. The molecule has 0 radical (unpaired) electrons. The maximum absolute atomic E-state index is 3.66. The lowest BCUT2D eigenvalue weighted by atomic mass is 9.75. The number of nitrogens with one attached hydrogen (secondary N) is 1. The third-order valence-electron chi connectivity index (χ3n) is 3.84. The van der Waals surface area contributed by atoms with Crippen molar-refractivity contribution in [3.63, 3.8) is 0 Å². The van der Waals surface area contributed by atoms with Crippen LogP contribution >= 0.6 is 0 Å². The molecule has 0 heterocycles. The van der Waals surface area contributed by atoms with E-state index >= 15 is 0 Å². The molecule has 0 atom stereocenters. The van der Waals surface area contributed by atoms with Gasteiger partial charge in [0.2, 0.25) is 0 Å². The number of rotatable bonds is 5. The Kier molecular flexibility index (Phi) is 4.22. The van der Waals surface area contributed by atoms with Gasteiger partial charge in [-0.15, -0.1) is 0 Å². The van der Waals surface area contributed by atoms with E-state index in [1.165, 1.54) is 36.9 Å². The average Bonchev–Trinajstić information content (AvgIpc) is 2.23. The van der Waals surface area contributed by atoms with Crippen molar-refractivity contribution in [3.8, 4) is 0 Å². The largest absolute Gasteiger partial charge is 0.314 e. The summed E-state index contributed by atoms with van der Waals surface area (Å²) in [4.78, 5) is 0. The van der Waals surface area contributed by atoms with E-state index in [1.807, 2.05) is 0 Å². The molecule has 2 rings (SSSR count). The van der Waals surface area contributed by atoms with Crippen LogP contribution < -0.4 is 5.32 Å². The maximum atomic E-state index is 3.66. The van der Waals surface area contributed by atoms with Crippen molar-refractivity contribution >= 4 is 0 Å². The summed E-state index contributed by atoms with van der Waals surface area (Å²) in [7, 11) is 0. The van der Waals surface area contributed by atoms with E-state index in [4.69, 9.17) is 0 Å². The van der Waals surface area contributed by atoms with Crippen molar-refractivity contribution in [2.24, 2.45) is 5.92 Å². The standard InChI is InChI=1S/C16H25N/c1-12(2)8-9-17-16-10-15(11-16)14-6-4-13(3)5-7-14/h4-7,12,15-17H,8-11H2,1-3H3. The molecule has 94 valence electrons. The highest BCUT2D eigenvalue weighted by atomic mass is 14.9. The minimum atomic E-state index is 0.764. The van der Waals surface area contributed by atoms with Crippen LogP contribution in [0.3, 0.4) is 0 Å². The molecule has 0 aliphatic heterocycles. The number of benzene rings is 1. The first-order chi connectivity index (χ1) is 8.15. The fourth-order valence-corrected chi connectivity index (χ4v) is 2.47. The summed E-state index contributed by atoms with van der Waals surface area (Å²) in [5.74, 6) is 1.61. The second-order valence-electron chi connectivity index (χ2n) is 5.91. The van der Waals surface area contributed by atoms with Gasteiger partial charge in [-0.3, -0.25) is 0 Å². The fourth-order valence-electron chi connectivity index (χ4n) is 2.47. The van der Waals surface area contributed by atoms with E-state index < -0.39 is 0 Å². The highest BCUT2D eigenvalue weighted by Crippen LogP contribution is 2.36. The monoisotopic (exact) mass is 231 g/mol. The zero-order valence-electron chi connectivity index (χ0n) is 11.4. The van der Waals surface area contributed by atoms with Gasteiger partial charge in [0.1, 0.15) is 0 Å². The van der Waals surface area contributed by atoms with Crippen molar-refractivity contribution in [2.45, 2.75) is 52.0 Å². The normalized spacial score (nSPS) is 23.8. The van der Waals surface area contributed by atoms with E-state index in [1.54, 1.807) is 0 Å². The number of hydrogen-bond donors (Lipinski definition) is 1. The van der Waals surface area contributed by atoms with Gasteiger partial charge in [0.05, 0.1) is 0 Å². The third kappa shape index (κ3) is 3.57.